The van der Waals surface area contributed by atoms with Gasteiger partial charge in [-0.25, -0.2) is 17.8 Å². The third-order valence-electron chi connectivity index (χ3n) is 4.89. The zero-order valence-corrected chi connectivity index (χ0v) is 19.7. The Morgan fingerprint density at radius 2 is 1.88 bits per heavy atom. The zero-order valence-electron chi connectivity index (χ0n) is 17.3. The van der Waals surface area contributed by atoms with Crippen LogP contribution >= 0.6 is 22.9 Å². The van der Waals surface area contributed by atoms with Crippen molar-refractivity contribution in [3.05, 3.63) is 83.4 Å². The highest BCUT2D eigenvalue weighted by Crippen LogP contribution is 2.32. The van der Waals surface area contributed by atoms with Crippen molar-refractivity contribution in [2.75, 3.05) is 10.7 Å². The van der Waals surface area contributed by atoms with Gasteiger partial charge in [0.25, 0.3) is 0 Å². The highest BCUT2D eigenvalue weighted by atomic mass is 35.5. The maximum absolute atomic E-state index is 13.2. The molecule has 10 heteroatoms. The molecule has 170 valence electrons. The molecule has 4 rings (SSSR count). The van der Waals surface area contributed by atoms with Gasteiger partial charge >= 0.3 is 0 Å². The number of rotatable bonds is 8. The lowest BCUT2D eigenvalue weighted by molar-refractivity contribution is -0.118. The predicted molar refractivity (Wildman–Crippen MR) is 128 cm³/mol. The van der Waals surface area contributed by atoms with Crippen LogP contribution in [0.1, 0.15) is 18.5 Å². The molecule has 6 nitrogen and oxygen atoms in total. The molecule has 0 N–H and O–H groups in total. The number of anilines is 1. The van der Waals surface area contributed by atoms with Crippen LogP contribution in [0, 0.1) is 5.82 Å². The summed E-state index contributed by atoms with van der Waals surface area (Å²) in [5.74, 6) is -0.997. The van der Waals surface area contributed by atoms with E-state index >= 15 is 0 Å². The van der Waals surface area contributed by atoms with E-state index in [1.807, 2.05) is 12.1 Å². The summed E-state index contributed by atoms with van der Waals surface area (Å²) in [5.41, 5.74) is 1.40. The summed E-state index contributed by atoms with van der Waals surface area (Å²) < 4.78 is 39.0. The third-order valence-corrected chi connectivity index (χ3v) is 7.99. The molecule has 0 atom stereocenters. The number of pyridine rings is 1. The first-order valence-electron chi connectivity index (χ1n) is 10.1. The van der Waals surface area contributed by atoms with Crippen LogP contribution in [-0.4, -0.2) is 30.0 Å². The van der Waals surface area contributed by atoms with E-state index in [9.17, 15) is 17.6 Å². The molecule has 0 unspecified atom stereocenters. The van der Waals surface area contributed by atoms with Crippen molar-refractivity contribution in [2.45, 2.75) is 24.3 Å². The Morgan fingerprint density at radius 3 is 2.61 bits per heavy atom. The molecule has 2 heterocycles. The van der Waals surface area contributed by atoms with Gasteiger partial charge in [0.1, 0.15) is 5.82 Å². The number of benzene rings is 2. The Morgan fingerprint density at radius 1 is 1.09 bits per heavy atom. The topological polar surface area (TPSA) is 80.2 Å². The number of nitrogens with zero attached hydrogens (tertiary/aromatic N) is 3. The molecule has 0 fully saturated rings. The SMILES string of the molecule is O=C(CCCS(=O)(=O)c1ccc(F)cc1)N(Cc1ccccn1)c1nc2ccc(Cl)cc2s1. The van der Waals surface area contributed by atoms with Gasteiger partial charge in [0.2, 0.25) is 5.91 Å². The maximum Gasteiger partial charge on any atom is 0.229 e. The Kier molecular flexibility index (Phi) is 7.02. The Balaban J connectivity index is 1.52. The van der Waals surface area contributed by atoms with Crippen molar-refractivity contribution < 1.29 is 17.6 Å². The van der Waals surface area contributed by atoms with Crippen molar-refractivity contribution in [3.8, 4) is 0 Å². The number of sulfone groups is 1. The number of fused-ring (bicyclic) bond motifs is 1. The zero-order chi connectivity index (χ0) is 23.4. The number of thiazole rings is 1. The van der Waals surface area contributed by atoms with Crippen LogP contribution < -0.4 is 4.90 Å². The monoisotopic (exact) mass is 503 g/mol. The second-order valence-corrected chi connectivity index (χ2v) is 10.8. The van der Waals surface area contributed by atoms with E-state index in [0.717, 1.165) is 22.3 Å². The summed E-state index contributed by atoms with van der Waals surface area (Å²) in [5, 5.41) is 1.07. The van der Waals surface area contributed by atoms with Crippen molar-refractivity contribution in [3.63, 3.8) is 0 Å². The Hall–Kier alpha value is -2.88. The lowest BCUT2D eigenvalue weighted by atomic mass is 10.2. The average molecular weight is 504 g/mol. The van der Waals surface area contributed by atoms with E-state index in [1.165, 1.54) is 28.4 Å². The maximum atomic E-state index is 13.2. The van der Waals surface area contributed by atoms with Gasteiger partial charge in [-0.1, -0.05) is 29.0 Å². The normalized spacial score (nSPS) is 11.6. The molecule has 0 aliphatic rings. The van der Waals surface area contributed by atoms with Crippen LogP contribution in [0.5, 0.6) is 0 Å². The Bertz CT molecular complexity index is 1380. The molecule has 2 aromatic heterocycles. The van der Waals surface area contributed by atoms with Gasteiger partial charge in [-0.15, -0.1) is 0 Å². The molecule has 0 spiro atoms. The molecule has 0 aliphatic carbocycles. The van der Waals surface area contributed by atoms with E-state index in [0.29, 0.717) is 15.8 Å². The minimum atomic E-state index is -3.62. The lowest BCUT2D eigenvalue weighted by Crippen LogP contribution is -2.30. The molecular formula is C23H19ClFN3O3S2. The van der Waals surface area contributed by atoms with E-state index in [2.05, 4.69) is 9.97 Å². The number of carbonyl (C=O) groups excluding carboxylic acids is 1. The fourth-order valence-electron chi connectivity index (χ4n) is 3.23. The van der Waals surface area contributed by atoms with E-state index < -0.39 is 15.7 Å². The second-order valence-electron chi connectivity index (χ2n) is 7.29. The van der Waals surface area contributed by atoms with Crippen LogP contribution in [0.25, 0.3) is 10.2 Å². The fraction of sp³-hybridized carbons (Fsp3) is 0.174. The quantitative estimate of drug-likeness (QED) is 0.306. The predicted octanol–water partition coefficient (Wildman–Crippen LogP) is 5.27. The molecule has 4 aromatic rings. The number of hydrogen-bond donors (Lipinski definition) is 0. The molecular weight excluding hydrogens is 485 g/mol. The van der Waals surface area contributed by atoms with E-state index in [-0.39, 0.29) is 35.9 Å². The molecule has 0 saturated heterocycles. The van der Waals surface area contributed by atoms with Crippen LogP contribution in [0.3, 0.4) is 0 Å². The second kappa shape index (κ2) is 9.94. The van der Waals surface area contributed by atoms with Crippen LogP contribution in [0.2, 0.25) is 5.02 Å². The highest BCUT2D eigenvalue weighted by molar-refractivity contribution is 7.91. The smallest absolute Gasteiger partial charge is 0.229 e. The van der Waals surface area contributed by atoms with E-state index in [1.54, 1.807) is 30.5 Å². The van der Waals surface area contributed by atoms with Gasteiger partial charge in [0.05, 0.1) is 33.1 Å². The summed E-state index contributed by atoms with van der Waals surface area (Å²) in [4.78, 5) is 23.6. The molecule has 0 radical (unpaired) electrons. The first-order chi connectivity index (χ1) is 15.8. The van der Waals surface area contributed by atoms with E-state index in [4.69, 9.17) is 11.6 Å². The average Bonchev–Trinajstić information content (AvgIpc) is 3.21. The van der Waals surface area contributed by atoms with Gasteiger partial charge in [0, 0.05) is 17.6 Å². The number of aromatic nitrogens is 2. The highest BCUT2D eigenvalue weighted by Gasteiger charge is 2.22. The molecule has 33 heavy (non-hydrogen) atoms. The van der Waals surface area contributed by atoms with Gasteiger partial charge in [-0.2, -0.15) is 0 Å². The standard InChI is InChI=1S/C23H19ClFN3O3S2/c24-16-6-11-20-21(14-16)32-23(27-20)28(15-18-4-1-2-12-26-18)22(29)5-3-13-33(30,31)19-9-7-17(25)8-10-19/h1-2,4,6-12,14H,3,5,13,15H2. The minimum absolute atomic E-state index is 0.00391. The van der Waals surface area contributed by atoms with Crippen LogP contribution in [-0.2, 0) is 21.2 Å². The third kappa shape index (κ3) is 5.73. The number of halogens is 2. The Labute approximate surface area is 199 Å². The van der Waals surface area contributed by atoms with Crippen LogP contribution in [0.15, 0.2) is 71.8 Å². The molecule has 0 bridgehead atoms. The summed E-state index contributed by atoms with van der Waals surface area (Å²) in [6.45, 7) is 0.206. The summed E-state index contributed by atoms with van der Waals surface area (Å²) in [7, 11) is -3.62. The molecule has 0 aliphatic heterocycles. The first-order valence-corrected chi connectivity index (χ1v) is 12.9. The fourth-order valence-corrected chi connectivity index (χ4v) is 5.80. The number of hydrogen-bond acceptors (Lipinski definition) is 6. The lowest BCUT2D eigenvalue weighted by Gasteiger charge is -2.19. The molecule has 2 aromatic carbocycles. The number of carbonyl (C=O) groups is 1. The minimum Gasteiger partial charge on any atom is -0.282 e. The summed E-state index contributed by atoms with van der Waals surface area (Å²) >= 11 is 7.41. The van der Waals surface area contributed by atoms with Crippen molar-refractivity contribution in [1.29, 1.82) is 0 Å². The molecule has 0 saturated carbocycles. The van der Waals surface area contributed by atoms with Gasteiger partial charge in [0.15, 0.2) is 15.0 Å². The van der Waals surface area contributed by atoms with Crippen molar-refractivity contribution in [2.24, 2.45) is 0 Å². The van der Waals surface area contributed by atoms with Crippen molar-refractivity contribution in [1.82, 2.24) is 9.97 Å². The summed E-state index contributed by atoms with van der Waals surface area (Å²) in [6.07, 6.45) is 1.77. The van der Waals surface area contributed by atoms with Gasteiger partial charge in [-0.05, 0) is 61.0 Å². The van der Waals surface area contributed by atoms with Gasteiger partial charge in [-0.3, -0.25) is 14.7 Å². The van der Waals surface area contributed by atoms with Gasteiger partial charge < -0.3 is 0 Å². The van der Waals surface area contributed by atoms with Crippen LogP contribution in [0.4, 0.5) is 9.52 Å². The summed E-state index contributed by atoms with van der Waals surface area (Å²) in [6, 6.07) is 15.4. The van der Waals surface area contributed by atoms with Crippen molar-refractivity contribution >= 4 is 54.0 Å². The molecule has 1 amide bonds. The number of amides is 1. The first kappa shape index (κ1) is 23.3. The largest absolute Gasteiger partial charge is 0.282 e.